The van der Waals surface area contributed by atoms with Crippen molar-refractivity contribution in [2.75, 3.05) is 32.8 Å². The third-order valence-electron chi connectivity index (χ3n) is 5.02. The zero-order chi connectivity index (χ0) is 21.5. The molecule has 7 heteroatoms. The summed E-state index contributed by atoms with van der Waals surface area (Å²) in [4.78, 5) is 22.0. The number of carbonyl (C=O) groups is 1. The van der Waals surface area contributed by atoms with Gasteiger partial charge in [0, 0.05) is 38.4 Å². The van der Waals surface area contributed by atoms with Crippen LogP contribution in [0.25, 0.3) is 0 Å². The van der Waals surface area contributed by atoms with Gasteiger partial charge in [-0.1, -0.05) is 41.9 Å². The first-order valence-corrected chi connectivity index (χ1v) is 10.8. The Kier molecular flexibility index (Phi) is 8.08. The smallest absolute Gasteiger partial charge is 0.256 e. The number of amides is 1. The number of benzene rings is 1. The summed E-state index contributed by atoms with van der Waals surface area (Å²) in [6.45, 7) is 10.4. The summed E-state index contributed by atoms with van der Waals surface area (Å²) in [6.07, 6.45) is 1.51. The molecule has 1 fully saturated rings. The van der Waals surface area contributed by atoms with Gasteiger partial charge in [-0.3, -0.25) is 9.69 Å². The third-order valence-corrected chi connectivity index (χ3v) is 5.29. The Balaban J connectivity index is 1.81. The summed E-state index contributed by atoms with van der Waals surface area (Å²) in [5.41, 5.74) is 1.54. The van der Waals surface area contributed by atoms with E-state index in [9.17, 15) is 4.79 Å². The molecule has 1 aromatic carbocycles. The predicted molar refractivity (Wildman–Crippen MR) is 118 cm³/mol. The number of hydrogen-bond donors (Lipinski definition) is 0. The lowest BCUT2D eigenvalue weighted by molar-refractivity contribution is 0.0228. The average Bonchev–Trinajstić information content (AvgIpc) is 2.74. The first-order chi connectivity index (χ1) is 14.4. The van der Waals surface area contributed by atoms with E-state index in [4.69, 9.17) is 21.1 Å². The molecule has 6 nitrogen and oxygen atoms in total. The number of nitrogens with zero attached hydrogens (tertiary/aromatic N) is 3. The van der Waals surface area contributed by atoms with E-state index in [1.807, 2.05) is 49.1 Å². The van der Waals surface area contributed by atoms with Crippen molar-refractivity contribution >= 4 is 17.5 Å². The molecule has 3 rings (SSSR count). The summed E-state index contributed by atoms with van der Waals surface area (Å²) >= 11 is 6.34. The molecule has 1 amide bonds. The minimum atomic E-state index is -0.0925. The summed E-state index contributed by atoms with van der Waals surface area (Å²) in [5.74, 6) is 0.254. The van der Waals surface area contributed by atoms with Gasteiger partial charge in [0.25, 0.3) is 5.91 Å². The van der Waals surface area contributed by atoms with Crippen LogP contribution in [0.5, 0.6) is 5.88 Å². The fourth-order valence-electron chi connectivity index (χ4n) is 3.48. The van der Waals surface area contributed by atoms with Crippen molar-refractivity contribution in [3.05, 3.63) is 58.7 Å². The molecule has 0 saturated carbocycles. The number of carbonyl (C=O) groups excluding carboxylic acids is 1. The largest absolute Gasteiger partial charge is 0.474 e. The van der Waals surface area contributed by atoms with Crippen molar-refractivity contribution in [1.82, 2.24) is 14.8 Å². The van der Waals surface area contributed by atoms with Gasteiger partial charge in [0.1, 0.15) is 5.02 Å². The minimum Gasteiger partial charge on any atom is -0.474 e. The van der Waals surface area contributed by atoms with E-state index >= 15 is 0 Å². The van der Waals surface area contributed by atoms with Gasteiger partial charge in [0.2, 0.25) is 5.88 Å². The SMILES string of the molecule is CC(C)Oc1ncc(C(=O)N(Cc2ccccc2)C(C)CN2CCOCC2)cc1Cl. The molecular weight excluding hydrogens is 402 g/mol. The van der Waals surface area contributed by atoms with Crippen LogP contribution in [0.3, 0.4) is 0 Å². The predicted octanol–water partition coefficient (Wildman–Crippen LogP) is 3.89. The van der Waals surface area contributed by atoms with Gasteiger partial charge in [-0.2, -0.15) is 0 Å². The van der Waals surface area contributed by atoms with Crippen molar-refractivity contribution in [3.8, 4) is 5.88 Å². The fourth-order valence-corrected chi connectivity index (χ4v) is 3.69. The fraction of sp³-hybridized carbons (Fsp3) is 0.478. The van der Waals surface area contributed by atoms with Gasteiger partial charge in [0.05, 0.1) is 24.9 Å². The normalized spacial score (nSPS) is 15.8. The topological polar surface area (TPSA) is 54.9 Å². The third kappa shape index (κ3) is 6.17. The Hall–Kier alpha value is -2.15. The highest BCUT2D eigenvalue weighted by atomic mass is 35.5. The molecule has 1 aliphatic heterocycles. The number of hydrogen-bond acceptors (Lipinski definition) is 5. The highest BCUT2D eigenvalue weighted by Crippen LogP contribution is 2.25. The van der Waals surface area contributed by atoms with Crippen LogP contribution in [0, 0.1) is 0 Å². The lowest BCUT2D eigenvalue weighted by Crippen LogP contribution is -2.48. The Morgan fingerprint density at radius 3 is 2.57 bits per heavy atom. The van der Waals surface area contributed by atoms with Gasteiger partial charge in [-0.05, 0) is 32.4 Å². The second kappa shape index (κ2) is 10.8. The number of morpholine rings is 1. The molecule has 0 bridgehead atoms. The first kappa shape index (κ1) is 22.5. The molecule has 2 heterocycles. The Morgan fingerprint density at radius 1 is 1.23 bits per heavy atom. The molecule has 1 unspecified atom stereocenters. The van der Waals surface area contributed by atoms with E-state index in [0.717, 1.165) is 38.4 Å². The van der Waals surface area contributed by atoms with Crippen molar-refractivity contribution in [2.24, 2.45) is 0 Å². The Morgan fingerprint density at radius 2 is 1.93 bits per heavy atom. The molecule has 1 atom stereocenters. The van der Waals surface area contributed by atoms with Crippen molar-refractivity contribution in [3.63, 3.8) is 0 Å². The van der Waals surface area contributed by atoms with E-state index in [2.05, 4.69) is 16.8 Å². The van der Waals surface area contributed by atoms with Gasteiger partial charge < -0.3 is 14.4 Å². The van der Waals surface area contributed by atoms with Crippen LogP contribution in [-0.2, 0) is 11.3 Å². The molecule has 30 heavy (non-hydrogen) atoms. The zero-order valence-corrected chi connectivity index (χ0v) is 18.6. The molecule has 2 aromatic rings. The van der Waals surface area contributed by atoms with E-state index in [0.29, 0.717) is 23.0 Å². The summed E-state index contributed by atoms with van der Waals surface area (Å²) in [6, 6.07) is 11.7. The molecular formula is C23H30ClN3O3. The van der Waals surface area contributed by atoms with Crippen molar-refractivity contribution in [1.29, 1.82) is 0 Å². The Bertz CT molecular complexity index is 826. The van der Waals surface area contributed by atoms with Gasteiger partial charge in [0.15, 0.2) is 0 Å². The lowest BCUT2D eigenvalue weighted by atomic mass is 10.1. The summed E-state index contributed by atoms with van der Waals surface area (Å²) < 4.78 is 11.0. The maximum absolute atomic E-state index is 13.5. The maximum atomic E-state index is 13.5. The van der Waals surface area contributed by atoms with Crippen LogP contribution in [-0.4, -0.2) is 65.7 Å². The summed E-state index contributed by atoms with van der Waals surface area (Å²) in [5, 5.41) is 0.343. The first-order valence-electron chi connectivity index (χ1n) is 10.4. The number of rotatable bonds is 8. The summed E-state index contributed by atoms with van der Waals surface area (Å²) in [7, 11) is 0. The van der Waals surface area contributed by atoms with E-state index in [1.165, 1.54) is 0 Å². The van der Waals surface area contributed by atoms with Crippen molar-refractivity contribution < 1.29 is 14.3 Å². The second-order valence-electron chi connectivity index (χ2n) is 7.86. The van der Waals surface area contributed by atoms with Crippen LogP contribution >= 0.6 is 11.6 Å². The lowest BCUT2D eigenvalue weighted by Gasteiger charge is -2.35. The molecule has 1 saturated heterocycles. The molecule has 1 aliphatic rings. The maximum Gasteiger partial charge on any atom is 0.256 e. The highest BCUT2D eigenvalue weighted by molar-refractivity contribution is 6.32. The van der Waals surface area contributed by atoms with Crippen LogP contribution < -0.4 is 4.74 Å². The number of aromatic nitrogens is 1. The van der Waals surface area contributed by atoms with Gasteiger partial charge >= 0.3 is 0 Å². The molecule has 0 radical (unpaired) electrons. The number of pyridine rings is 1. The van der Waals surface area contributed by atoms with Gasteiger partial charge in [-0.15, -0.1) is 0 Å². The van der Waals surface area contributed by atoms with E-state index in [-0.39, 0.29) is 18.1 Å². The number of ether oxygens (including phenoxy) is 2. The van der Waals surface area contributed by atoms with E-state index < -0.39 is 0 Å². The average molecular weight is 432 g/mol. The standard InChI is InChI=1S/C23H30ClN3O3/c1-17(2)30-22-21(24)13-20(14-25-22)23(28)27(16-19-7-5-4-6-8-19)18(3)15-26-9-11-29-12-10-26/h4-8,13-14,17-18H,9-12,15-16H2,1-3H3. The molecule has 0 N–H and O–H groups in total. The van der Waals surface area contributed by atoms with E-state index in [1.54, 1.807) is 12.3 Å². The van der Waals surface area contributed by atoms with Crippen LogP contribution in [0.2, 0.25) is 5.02 Å². The molecule has 162 valence electrons. The Labute approximate surface area is 183 Å². The highest BCUT2D eigenvalue weighted by Gasteiger charge is 2.25. The molecule has 0 spiro atoms. The second-order valence-corrected chi connectivity index (χ2v) is 8.27. The quantitative estimate of drug-likeness (QED) is 0.634. The van der Waals surface area contributed by atoms with Gasteiger partial charge in [-0.25, -0.2) is 4.98 Å². The number of halogens is 1. The zero-order valence-electron chi connectivity index (χ0n) is 17.9. The van der Waals surface area contributed by atoms with Crippen LogP contribution in [0.4, 0.5) is 0 Å². The molecule has 0 aliphatic carbocycles. The van der Waals surface area contributed by atoms with Crippen LogP contribution in [0.1, 0.15) is 36.7 Å². The minimum absolute atomic E-state index is 0.0150. The molecule has 1 aromatic heterocycles. The monoisotopic (exact) mass is 431 g/mol. The van der Waals surface area contributed by atoms with Crippen LogP contribution in [0.15, 0.2) is 42.6 Å². The van der Waals surface area contributed by atoms with Crippen molar-refractivity contribution in [2.45, 2.75) is 39.5 Å².